The average molecular weight is 254 g/mol. The molecule has 0 saturated carbocycles. The van der Waals surface area contributed by atoms with Gasteiger partial charge in [-0.1, -0.05) is 30.3 Å². The molecule has 4 heteroatoms. The van der Waals surface area contributed by atoms with Gasteiger partial charge in [0.1, 0.15) is 0 Å². The molecule has 1 aliphatic rings. The van der Waals surface area contributed by atoms with Crippen molar-refractivity contribution >= 4 is 0 Å². The first-order chi connectivity index (χ1) is 8.59. The summed E-state index contributed by atoms with van der Waals surface area (Å²) in [6.45, 7) is 1.08. The van der Waals surface area contributed by atoms with E-state index in [2.05, 4.69) is 17.4 Å². The first kappa shape index (κ1) is 13.4. The average Bonchev–Trinajstić information content (AvgIpc) is 2.69. The number of nitrogens with one attached hydrogen (secondary N) is 1. The summed E-state index contributed by atoms with van der Waals surface area (Å²) in [4.78, 5) is 1.85. The Bertz CT molecular complexity index is 367. The van der Waals surface area contributed by atoms with Crippen molar-refractivity contribution in [1.29, 1.82) is 0 Å². The molecule has 1 fully saturated rings. The summed E-state index contributed by atoms with van der Waals surface area (Å²) in [6.07, 6.45) is 0.869. The van der Waals surface area contributed by atoms with Crippen LogP contribution >= 0.6 is 0 Å². The van der Waals surface area contributed by atoms with Crippen molar-refractivity contribution in [3.8, 4) is 0 Å². The Morgan fingerprint density at radius 2 is 2.06 bits per heavy atom. The number of benzene rings is 1. The van der Waals surface area contributed by atoms with Gasteiger partial charge in [-0.2, -0.15) is 0 Å². The van der Waals surface area contributed by atoms with E-state index in [0.29, 0.717) is 13.1 Å². The lowest BCUT2D eigenvalue weighted by molar-refractivity contribution is 0.0115. The van der Waals surface area contributed by atoms with Crippen LogP contribution in [0.3, 0.4) is 0 Å². The van der Waals surface area contributed by atoms with Crippen LogP contribution in [0.4, 0.5) is 8.78 Å². The molecule has 1 atom stereocenters. The molecule has 0 spiro atoms. The molecule has 2 nitrogen and oxygen atoms in total. The van der Waals surface area contributed by atoms with Gasteiger partial charge in [0.25, 0.3) is 5.92 Å². The normalized spacial score (nSPS) is 21.1. The summed E-state index contributed by atoms with van der Waals surface area (Å²) in [6, 6.07) is 10.4. The van der Waals surface area contributed by atoms with E-state index in [1.807, 2.05) is 30.1 Å². The van der Waals surface area contributed by atoms with Crippen LogP contribution in [-0.4, -0.2) is 43.5 Å². The van der Waals surface area contributed by atoms with Gasteiger partial charge in [0.15, 0.2) is 0 Å². The van der Waals surface area contributed by atoms with Crippen LogP contribution < -0.4 is 5.32 Å². The van der Waals surface area contributed by atoms with Gasteiger partial charge in [0.2, 0.25) is 0 Å². The Morgan fingerprint density at radius 3 is 2.61 bits per heavy atom. The van der Waals surface area contributed by atoms with Crippen LogP contribution in [0, 0.1) is 0 Å². The third-order valence-corrected chi connectivity index (χ3v) is 3.46. The van der Waals surface area contributed by atoms with Gasteiger partial charge in [-0.25, -0.2) is 8.78 Å². The largest absolute Gasteiger partial charge is 0.315 e. The van der Waals surface area contributed by atoms with Crippen molar-refractivity contribution in [3.05, 3.63) is 35.9 Å². The van der Waals surface area contributed by atoms with Crippen molar-refractivity contribution in [2.75, 3.05) is 26.7 Å². The van der Waals surface area contributed by atoms with Gasteiger partial charge in [0, 0.05) is 25.6 Å². The number of likely N-dealkylation sites (N-methyl/N-ethyl adjacent to an activating group) is 1. The molecule has 1 aliphatic heterocycles. The Labute approximate surface area is 107 Å². The van der Waals surface area contributed by atoms with Gasteiger partial charge in [-0.3, -0.25) is 4.90 Å². The van der Waals surface area contributed by atoms with Crippen molar-refractivity contribution < 1.29 is 8.78 Å². The third-order valence-electron chi connectivity index (χ3n) is 3.46. The van der Waals surface area contributed by atoms with E-state index in [1.54, 1.807) is 0 Å². The molecule has 100 valence electrons. The van der Waals surface area contributed by atoms with Crippen molar-refractivity contribution in [2.45, 2.75) is 24.8 Å². The molecule has 0 amide bonds. The van der Waals surface area contributed by atoms with Gasteiger partial charge >= 0.3 is 0 Å². The molecular formula is C14H20F2N2. The number of nitrogens with zero attached hydrogens (tertiary/aromatic N) is 1. The van der Waals surface area contributed by atoms with Gasteiger partial charge in [-0.15, -0.1) is 0 Å². The Morgan fingerprint density at radius 1 is 1.33 bits per heavy atom. The Kier molecular flexibility index (Phi) is 4.30. The molecule has 0 aromatic heterocycles. The number of rotatable bonds is 5. The summed E-state index contributed by atoms with van der Waals surface area (Å²) >= 11 is 0. The second-order valence-corrected chi connectivity index (χ2v) is 5.02. The number of alkyl halides is 2. The molecule has 0 unspecified atom stereocenters. The lowest BCUT2D eigenvalue weighted by atomic mass is 10.1. The Balaban J connectivity index is 1.87. The Hall–Kier alpha value is -1.00. The molecule has 1 heterocycles. The minimum absolute atomic E-state index is 0.00519. The predicted octanol–water partition coefficient (Wildman–Crippen LogP) is 2.16. The number of hydrogen-bond acceptors (Lipinski definition) is 2. The first-order valence-electron chi connectivity index (χ1n) is 6.40. The smallest absolute Gasteiger partial charge is 0.261 e. The number of halogens is 2. The van der Waals surface area contributed by atoms with Crippen LogP contribution in [0.2, 0.25) is 0 Å². The predicted molar refractivity (Wildman–Crippen MR) is 69.0 cm³/mol. The van der Waals surface area contributed by atoms with E-state index >= 15 is 0 Å². The maximum absolute atomic E-state index is 13.1. The maximum atomic E-state index is 13.1. The number of hydrogen-bond donors (Lipinski definition) is 1. The fraction of sp³-hybridized carbons (Fsp3) is 0.571. The van der Waals surface area contributed by atoms with E-state index in [4.69, 9.17) is 0 Å². The second-order valence-electron chi connectivity index (χ2n) is 5.02. The summed E-state index contributed by atoms with van der Waals surface area (Å²) in [5.74, 6) is -2.50. The second kappa shape index (κ2) is 5.76. The van der Waals surface area contributed by atoms with E-state index in [9.17, 15) is 8.78 Å². The van der Waals surface area contributed by atoms with Crippen molar-refractivity contribution in [3.63, 3.8) is 0 Å². The fourth-order valence-electron chi connectivity index (χ4n) is 2.43. The number of likely N-dealkylation sites (tertiary alicyclic amines) is 1. The summed E-state index contributed by atoms with van der Waals surface area (Å²) < 4.78 is 26.2. The van der Waals surface area contributed by atoms with Gasteiger partial charge < -0.3 is 5.32 Å². The lowest BCUT2D eigenvalue weighted by Gasteiger charge is -2.23. The van der Waals surface area contributed by atoms with E-state index in [-0.39, 0.29) is 19.0 Å². The first-order valence-corrected chi connectivity index (χ1v) is 6.40. The van der Waals surface area contributed by atoms with E-state index < -0.39 is 5.92 Å². The van der Waals surface area contributed by atoms with Crippen LogP contribution in [0.1, 0.15) is 12.0 Å². The minimum Gasteiger partial charge on any atom is -0.315 e. The summed E-state index contributed by atoms with van der Waals surface area (Å²) in [5, 5.41) is 3.22. The zero-order valence-corrected chi connectivity index (χ0v) is 10.7. The summed E-state index contributed by atoms with van der Waals surface area (Å²) in [5.41, 5.74) is 1.24. The van der Waals surface area contributed by atoms with Gasteiger partial charge in [-0.05, 0) is 19.0 Å². The van der Waals surface area contributed by atoms with Gasteiger partial charge in [0.05, 0.1) is 6.54 Å². The van der Waals surface area contributed by atoms with Crippen molar-refractivity contribution in [2.24, 2.45) is 0 Å². The van der Waals surface area contributed by atoms with E-state index in [1.165, 1.54) is 5.56 Å². The van der Waals surface area contributed by atoms with Crippen LogP contribution in [0.25, 0.3) is 0 Å². The third kappa shape index (κ3) is 3.75. The topological polar surface area (TPSA) is 15.3 Å². The van der Waals surface area contributed by atoms with Crippen LogP contribution in [0.15, 0.2) is 30.3 Å². The molecule has 0 bridgehead atoms. The molecule has 1 N–H and O–H groups in total. The highest BCUT2D eigenvalue weighted by molar-refractivity contribution is 5.16. The maximum Gasteiger partial charge on any atom is 0.261 e. The van der Waals surface area contributed by atoms with Crippen molar-refractivity contribution in [1.82, 2.24) is 10.2 Å². The highest BCUT2D eigenvalue weighted by Crippen LogP contribution is 2.26. The fourth-order valence-corrected chi connectivity index (χ4v) is 2.43. The molecular weight excluding hydrogens is 234 g/mol. The molecule has 0 radical (unpaired) electrons. The zero-order valence-electron chi connectivity index (χ0n) is 10.7. The molecule has 1 aromatic rings. The highest BCUT2D eigenvalue weighted by atomic mass is 19.3. The quantitative estimate of drug-likeness (QED) is 0.866. The summed E-state index contributed by atoms with van der Waals surface area (Å²) in [7, 11) is 1.89. The monoisotopic (exact) mass is 254 g/mol. The standard InChI is InChI=1S/C14H20F2N2/c1-17-13(9-12-5-3-2-4-6-12)10-18-8-7-14(15,16)11-18/h2-6,13,17H,7-11H2,1H3/t13-/m1/s1. The molecule has 2 rings (SSSR count). The lowest BCUT2D eigenvalue weighted by Crippen LogP contribution is -2.40. The molecule has 0 aliphatic carbocycles. The SMILES string of the molecule is CN[C@H](Cc1ccccc1)CN1CCC(F)(F)C1. The molecule has 1 aromatic carbocycles. The van der Waals surface area contributed by atoms with Crippen LogP contribution in [0.5, 0.6) is 0 Å². The zero-order chi connectivity index (χ0) is 13.0. The molecule has 1 saturated heterocycles. The van der Waals surface area contributed by atoms with E-state index in [0.717, 1.165) is 6.42 Å². The highest BCUT2D eigenvalue weighted by Gasteiger charge is 2.38. The molecule has 18 heavy (non-hydrogen) atoms. The van der Waals surface area contributed by atoms with Crippen LogP contribution in [-0.2, 0) is 6.42 Å². The minimum atomic E-state index is -2.50.